The molecule has 0 aromatic heterocycles. The van der Waals surface area contributed by atoms with Gasteiger partial charge in [-0.1, -0.05) is 29.8 Å². The van der Waals surface area contributed by atoms with E-state index >= 15 is 0 Å². The third-order valence-electron chi connectivity index (χ3n) is 3.09. The van der Waals surface area contributed by atoms with Crippen molar-refractivity contribution in [1.29, 1.82) is 5.26 Å². The van der Waals surface area contributed by atoms with Crippen LogP contribution in [0.15, 0.2) is 42.5 Å². The number of hydrogen-bond acceptors (Lipinski definition) is 2. The third kappa shape index (κ3) is 4.18. The molecule has 1 N–H and O–H groups in total. The van der Waals surface area contributed by atoms with Crippen LogP contribution in [0.1, 0.15) is 22.3 Å². The summed E-state index contributed by atoms with van der Waals surface area (Å²) < 4.78 is 13.3. The zero-order valence-electron chi connectivity index (χ0n) is 11.5. The van der Waals surface area contributed by atoms with Crippen molar-refractivity contribution in [2.24, 2.45) is 0 Å². The topological polar surface area (TPSA) is 35.8 Å². The zero-order chi connectivity index (χ0) is 14.4. The van der Waals surface area contributed by atoms with E-state index in [-0.39, 0.29) is 5.82 Å². The highest BCUT2D eigenvalue weighted by molar-refractivity contribution is 5.33. The molecule has 0 saturated heterocycles. The summed E-state index contributed by atoms with van der Waals surface area (Å²) in [5.74, 6) is -0.362. The van der Waals surface area contributed by atoms with Crippen LogP contribution in [-0.4, -0.2) is 6.54 Å². The van der Waals surface area contributed by atoms with E-state index in [1.165, 1.54) is 23.3 Å². The molecule has 0 bridgehead atoms. The highest BCUT2D eigenvalue weighted by Gasteiger charge is 2.00. The van der Waals surface area contributed by atoms with E-state index in [2.05, 4.69) is 36.5 Å². The molecule has 2 nitrogen and oxygen atoms in total. The Morgan fingerprint density at radius 1 is 1.15 bits per heavy atom. The van der Waals surface area contributed by atoms with Crippen molar-refractivity contribution < 1.29 is 4.39 Å². The fourth-order valence-corrected chi connectivity index (χ4v) is 2.15. The molecule has 0 aliphatic rings. The smallest absolute Gasteiger partial charge is 0.124 e. The Morgan fingerprint density at radius 2 is 2.00 bits per heavy atom. The number of nitriles is 1. The predicted molar refractivity (Wildman–Crippen MR) is 77.7 cm³/mol. The Bertz CT molecular complexity index is 629. The molecule has 0 amide bonds. The Hall–Kier alpha value is -2.18. The van der Waals surface area contributed by atoms with Crippen LogP contribution in [0.4, 0.5) is 4.39 Å². The molecule has 2 aromatic rings. The van der Waals surface area contributed by atoms with Gasteiger partial charge in [0, 0.05) is 6.54 Å². The van der Waals surface area contributed by atoms with Gasteiger partial charge >= 0.3 is 0 Å². The van der Waals surface area contributed by atoms with Gasteiger partial charge in [0.25, 0.3) is 0 Å². The summed E-state index contributed by atoms with van der Waals surface area (Å²) in [4.78, 5) is 0. The first kappa shape index (κ1) is 14.2. The molecule has 0 heterocycles. The van der Waals surface area contributed by atoms with Crippen LogP contribution in [-0.2, 0) is 13.0 Å². The van der Waals surface area contributed by atoms with Crippen LogP contribution in [0, 0.1) is 24.1 Å². The molecule has 2 rings (SSSR count). The quantitative estimate of drug-likeness (QED) is 0.844. The number of benzene rings is 2. The number of rotatable bonds is 5. The lowest BCUT2D eigenvalue weighted by Crippen LogP contribution is -2.16. The van der Waals surface area contributed by atoms with Crippen molar-refractivity contribution in [2.75, 3.05) is 6.54 Å². The standard InChI is InChI=1S/C17H17FN2/c1-13-3-2-4-14(7-13)5-6-20-12-16-8-15(11-19)9-17(18)10-16/h2-4,7-10,20H,5-6,12H2,1H3. The van der Waals surface area contributed by atoms with E-state index in [0.29, 0.717) is 12.1 Å². The van der Waals surface area contributed by atoms with Crippen molar-refractivity contribution in [2.45, 2.75) is 19.9 Å². The van der Waals surface area contributed by atoms with Gasteiger partial charge in [0.1, 0.15) is 5.82 Å². The van der Waals surface area contributed by atoms with Gasteiger partial charge in [0.05, 0.1) is 11.6 Å². The lowest BCUT2D eigenvalue weighted by Gasteiger charge is -2.06. The van der Waals surface area contributed by atoms with Gasteiger partial charge in [-0.3, -0.25) is 0 Å². The largest absolute Gasteiger partial charge is 0.312 e. The fraction of sp³-hybridized carbons (Fsp3) is 0.235. The highest BCUT2D eigenvalue weighted by atomic mass is 19.1. The lowest BCUT2D eigenvalue weighted by molar-refractivity contribution is 0.619. The van der Waals surface area contributed by atoms with Crippen molar-refractivity contribution in [1.82, 2.24) is 5.32 Å². The van der Waals surface area contributed by atoms with Crippen LogP contribution in [0.25, 0.3) is 0 Å². The van der Waals surface area contributed by atoms with Crippen LogP contribution >= 0.6 is 0 Å². The maximum absolute atomic E-state index is 13.3. The monoisotopic (exact) mass is 268 g/mol. The summed E-state index contributed by atoms with van der Waals surface area (Å²) in [5.41, 5.74) is 3.70. The van der Waals surface area contributed by atoms with E-state index in [0.717, 1.165) is 18.5 Å². The zero-order valence-corrected chi connectivity index (χ0v) is 11.5. The first-order chi connectivity index (χ1) is 9.67. The Labute approximate surface area is 118 Å². The first-order valence-electron chi connectivity index (χ1n) is 6.63. The molecule has 0 unspecified atom stereocenters. The van der Waals surface area contributed by atoms with Crippen molar-refractivity contribution >= 4 is 0 Å². The van der Waals surface area contributed by atoms with E-state index < -0.39 is 0 Å². The summed E-state index contributed by atoms with van der Waals surface area (Å²) in [5, 5.41) is 12.1. The average molecular weight is 268 g/mol. The molecule has 0 saturated carbocycles. The average Bonchev–Trinajstić information content (AvgIpc) is 2.43. The van der Waals surface area contributed by atoms with Gasteiger partial charge in [-0.25, -0.2) is 4.39 Å². The summed E-state index contributed by atoms with van der Waals surface area (Å²) in [6.07, 6.45) is 0.933. The number of nitrogens with one attached hydrogen (secondary N) is 1. The van der Waals surface area contributed by atoms with Gasteiger partial charge in [-0.05, 0) is 49.2 Å². The van der Waals surface area contributed by atoms with E-state index in [1.54, 1.807) is 6.07 Å². The summed E-state index contributed by atoms with van der Waals surface area (Å²) in [6, 6.07) is 14.8. The minimum absolute atomic E-state index is 0.362. The molecule has 0 spiro atoms. The van der Waals surface area contributed by atoms with E-state index in [9.17, 15) is 4.39 Å². The van der Waals surface area contributed by atoms with Crippen LogP contribution in [0.5, 0.6) is 0 Å². The van der Waals surface area contributed by atoms with Gasteiger partial charge in [-0.2, -0.15) is 5.26 Å². The Balaban J connectivity index is 1.84. The van der Waals surface area contributed by atoms with Crippen LogP contribution in [0.2, 0.25) is 0 Å². The Kier molecular flexibility index (Phi) is 4.86. The number of nitrogens with zero attached hydrogens (tertiary/aromatic N) is 1. The first-order valence-corrected chi connectivity index (χ1v) is 6.63. The summed E-state index contributed by atoms with van der Waals surface area (Å²) in [7, 11) is 0. The summed E-state index contributed by atoms with van der Waals surface area (Å²) in [6.45, 7) is 3.47. The van der Waals surface area contributed by atoms with E-state index in [1.807, 2.05) is 6.07 Å². The second kappa shape index (κ2) is 6.83. The SMILES string of the molecule is Cc1cccc(CCNCc2cc(F)cc(C#N)c2)c1. The van der Waals surface area contributed by atoms with Crippen molar-refractivity contribution in [3.8, 4) is 6.07 Å². The van der Waals surface area contributed by atoms with Gasteiger partial charge in [-0.15, -0.1) is 0 Å². The molecule has 0 atom stereocenters. The van der Waals surface area contributed by atoms with Crippen LogP contribution in [0.3, 0.4) is 0 Å². The van der Waals surface area contributed by atoms with Crippen molar-refractivity contribution in [3.05, 3.63) is 70.5 Å². The molecule has 0 aliphatic heterocycles. The second-order valence-electron chi connectivity index (χ2n) is 4.88. The molecule has 0 fully saturated rings. The molecular weight excluding hydrogens is 251 g/mol. The predicted octanol–water partition coefficient (Wildman–Crippen LogP) is 3.34. The minimum atomic E-state index is -0.362. The van der Waals surface area contributed by atoms with Crippen molar-refractivity contribution in [3.63, 3.8) is 0 Å². The van der Waals surface area contributed by atoms with Gasteiger partial charge in [0.15, 0.2) is 0 Å². The molecular formula is C17H17FN2. The van der Waals surface area contributed by atoms with Crippen LogP contribution < -0.4 is 5.32 Å². The number of hydrogen-bond donors (Lipinski definition) is 1. The molecule has 2 aromatic carbocycles. The number of aryl methyl sites for hydroxylation is 1. The Morgan fingerprint density at radius 3 is 2.75 bits per heavy atom. The van der Waals surface area contributed by atoms with Gasteiger partial charge < -0.3 is 5.32 Å². The lowest BCUT2D eigenvalue weighted by atomic mass is 10.1. The van der Waals surface area contributed by atoms with E-state index in [4.69, 9.17) is 5.26 Å². The molecule has 0 aliphatic carbocycles. The maximum atomic E-state index is 13.3. The molecule has 102 valence electrons. The molecule has 20 heavy (non-hydrogen) atoms. The highest BCUT2D eigenvalue weighted by Crippen LogP contribution is 2.08. The minimum Gasteiger partial charge on any atom is -0.312 e. The number of halogens is 1. The third-order valence-corrected chi connectivity index (χ3v) is 3.09. The normalized spacial score (nSPS) is 10.2. The van der Waals surface area contributed by atoms with Gasteiger partial charge in [0.2, 0.25) is 0 Å². The molecule has 3 heteroatoms. The fourth-order valence-electron chi connectivity index (χ4n) is 2.15. The molecule has 0 radical (unpaired) electrons. The summed E-state index contributed by atoms with van der Waals surface area (Å²) >= 11 is 0. The second-order valence-corrected chi connectivity index (χ2v) is 4.88. The maximum Gasteiger partial charge on any atom is 0.124 e.